The van der Waals surface area contributed by atoms with Crippen LogP contribution >= 0.6 is 11.6 Å². The minimum Gasteiger partial charge on any atom is -0.508 e. The van der Waals surface area contributed by atoms with Gasteiger partial charge in [0.1, 0.15) is 11.5 Å². The van der Waals surface area contributed by atoms with Gasteiger partial charge in [-0.15, -0.1) is 0 Å². The fourth-order valence-corrected chi connectivity index (χ4v) is 3.95. The maximum absolute atomic E-state index is 9.50. The van der Waals surface area contributed by atoms with Gasteiger partial charge in [0.05, 0.1) is 24.7 Å². The van der Waals surface area contributed by atoms with E-state index in [-0.39, 0.29) is 5.75 Å². The highest BCUT2D eigenvalue weighted by atomic mass is 35.5. The fraction of sp³-hybridized carbons (Fsp3) is 0.318. The molecule has 0 bridgehead atoms. The van der Waals surface area contributed by atoms with Crippen molar-refractivity contribution < 1.29 is 9.84 Å². The van der Waals surface area contributed by atoms with E-state index in [0.717, 1.165) is 66.9 Å². The Morgan fingerprint density at radius 1 is 1.10 bits per heavy atom. The van der Waals surface area contributed by atoms with Crippen molar-refractivity contribution >= 4 is 17.3 Å². The fourth-order valence-electron chi connectivity index (χ4n) is 3.78. The zero-order valence-corrected chi connectivity index (χ0v) is 17.2. The molecule has 0 unspecified atom stereocenters. The minimum absolute atomic E-state index is 0.268. The number of aromatic hydroxyl groups is 1. The minimum atomic E-state index is 0.268. The van der Waals surface area contributed by atoms with Crippen LogP contribution in [0.1, 0.15) is 5.56 Å². The predicted molar refractivity (Wildman–Crippen MR) is 116 cm³/mol. The highest BCUT2D eigenvalue weighted by molar-refractivity contribution is 6.30. The number of hydrogen-bond acceptors (Lipinski definition) is 5. The number of aromatic amines is 1. The standard InChI is InChI=1S/C22H25ClN4O2/c1-29-21-7-4-18(23)14-20(21)27-12-10-26(11-13-27)9-8-17-15-24-25-22(17)16-2-5-19(28)6-3-16/h2-7,14-15,28H,8-13H2,1H3,(H,24,25). The lowest BCUT2D eigenvalue weighted by Gasteiger charge is -2.36. The number of H-pyrrole nitrogens is 1. The predicted octanol–water partition coefficient (Wildman–Crippen LogP) is 3.81. The third-order valence-corrected chi connectivity index (χ3v) is 5.66. The summed E-state index contributed by atoms with van der Waals surface area (Å²) in [5, 5.41) is 17.5. The quantitative estimate of drug-likeness (QED) is 0.644. The molecule has 0 aliphatic carbocycles. The average molecular weight is 413 g/mol. The average Bonchev–Trinajstić information content (AvgIpc) is 3.22. The number of phenolic OH excluding ortho intramolecular Hbond substituents is 1. The molecular formula is C22H25ClN4O2. The lowest BCUT2D eigenvalue weighted by molar-refractivity contribution is 0.260. The molecule has 3 aromatic rings. The summed E-state index contributed by atoms with van der Waals surface area (Å²) in [6.45, 7) is 4.83. The smallest absolute Gasteiger partial charge is 0.142 e. The van der Waals surface area contributed by atoms with E-state index in [9.17, 15) is 5.11 Å². The van der Waals surface area contributed by atoms with Crippen LogP contribution < -0.4 is 9.64 Å². The Morgan fingerprint density at radius 2 is 1.86 bits per heavy atom. The van der Waals surface area contributed by atoms with Gasteiger partial charge in [0, 0.05) is 43.3 Å². The van der Waals surface area contributed by atoms with E-state index in [2.05, 4.69) is 20.0 Å². The van der Waals surface area contributed by atoms with Crippen molar-refractivity contribution in [2.75, 3.05) is 44.7 Å². The van der Waals surface area contributed by atoms with Crippen molar-refractivity contribution in [2.45, 2.75) is 6.42 Å². The summed E-state index contributed by atoms with van der Waals surface area (Å²) < 4.78 is 5.50. The number of nitrogens with zero attached hydrogens (tertiary/aromatic N) is 3. The zero-order valence-electron chi connectivity index (χ0n) is 16.4. The Kier molecular flexibility index (Phi) is 5.92. The van der Waals surface area contributed by atoms with Crippen molar-refractivity contribution in [3.8, 4) is 22.8 Å². The van der Waals surface area contributed by atoms with Crippen LogP contribution in [0, 0.1) is 0 Å². The Labute approximate surface area is 175 Å². The highest BCUT2D eigenvalue weighted by Gasteiger charge is 2.20. The number of halogens is 1. The van der Waals surface area contributed by atoms with Crippen molar-refractivity contribution in [1.29, 1.82) is 0 Å². The topological polar surface area (TPSA) is 64.6 Å². The van der Waals surface area contributed by atoms with Gasteiger partial charge in [0.15, 0.2) is 0 Å². The van der Waals surface area contributed by atoms with Crippen LogP contribution in [-0.2, 0) is 6.42 Å². The number of phenols is 1. The normalized spacial score (nSPS) is 14.9. The molecule has 4 rings (SSSR count). The first-order valence-corrected chi connectivity index (χ1v) is 10.1. The molecule has 0 atom stereocenters. The lowest BCUT2D eigenvalue weighted by atomic mass is 10.1. The number of nitrogens with one attached hydrogen (secondary N) is 1. The molecule has 0 spiro atoms. The summed E-state index contributed by atoms with van der Waals surface area (Å²) in [6, 6.07) is 13.0. The molecule has 7 heteroatoms. The van der Waals surface area contributed by atoms with E-state index in [0.29, 0.717) is 0 Å². The van der Waals surface area contributed by atoms with Crippen LogP contribution in [0.15, 0.2) is 48.7 Å². The Bertz CT molecular complexity index is 950. The Balaban J connectivity index is 1.35. The molecule has 1 aliphatic rings. The molecule has 0 saturated carbocycles. The second-order valence-electron chi connectivity index (χ2n) is 7.21. The van der Waals surface area contributed by atoms with Crippen LogP contribution in [0.3, 0.4) is 0 Å². The van der Waals surface area contributed by atoms with E-state index in [1.54, 1.807) is 19.2 Å². The van der Waals surface area contributed by atoms with Gasteiger partial charge in [-0.3, -0.25) is 10.00 Å². The van der Waals surface area contributed by atoms with Crippen molar-refractivity contribution in [3.05, 3.63) is 59.2 Å². The maximum Gasteiger partial charge on any atom is 0.142 e. The number of piperazine rings is 1. The Morgan fingerprint density at radius 3 is 2.59 bits per heavy atom. The van der Waals surface area contributed by atoms with Crippen LogP contribution in [0.4, 0.5) is 5.69 Å². The molecule has 1 aliphatic heterocycles. The van der Waals surface area contributed by atoms with Gasteiger partial charge in [-0.2, -0.15) is 5.10 Å². The molecule has 1 aromatic heterocycles. The molecule has 1 fully saturated rings. The number of aromatic nitrogens is 2. The first-order valence-electron chi connectivity index (χ1n) is 9.76. The van der Waals surface area contributed by atoms with Crippen LogP contribution in [0.5, 0.6) is 11.5 Å². The number of anilines is 1. The van der Waals surface area contributed by atoms with Gasteiger partial charge in [-0.05, 0) is 54.4 Å². The Hall–Kier alpha value is -2.70. The van der Waals surface area contributed by atoms with Gasteiger partial charge in [0.25, 0.3) is 0 Å². The van der Waals surface area contributed by atoms with Crippen molar-refractivity contribution in [3.63, 3.8) is 0 Å². The first-order chi connectivity index (χ1) is 14.1. The summed E-state index contributed by atoms with van der Waals surface area (Å²) in [6.07, 6.45) is 2.82. The summed E-state index contributed by atoms with van der Waals surface area (Å²) in [7, 11) is 1.69. The lowest BCUT2D eigenvalue weighted by Crippen LogP contribution is -2.47. The van der Waals surface area contributed by atoms with Crippen LogP contribution in [0.25, 0.3) is 11.3 Å². The number of ether oxygens (including phenoxy) is 1. The molecule has 2 N–H and O–H groups in total. The van der Waals surface area contributed by atoms with E-state index in [1.807, 2.05) is 36.5 Å². The second-order valence-corrected chi connectivity index (χ2v) is 7.65. The zero-order chi connectivity index (χ0) is 20.2. The third-order valence-electron chi connectivity index (χ3n) is 5.43. The summed E-state index contributed by atoms with van der Waals surface area (Å²) >= 11 is 6.19. The summed E-state index contributed by atoms with van der Waals surface area (Å²) in [4.78, 5) is 4.81. The third kappa shape index (κ3) is 4.49. The number of methoxy groups -OCH3 is 1. The second kappa shape index (κ2) is 8.76. The molecule has 0 radical (unpaired) electrons. The molecule has 152 valence electrons. The van der Waals surface area contributed by atoms with Crippen molar-refractivity contribution in [1.82, 2.24) is 15.1 Å². The molecule has 1 saturated heterocycles. The van der Waals surface area contributed by atoms with Crippen LogP contribution in [0.2, 0.25) is 5.02 Å². The molecule has 2 heterocycles. The highest BCUT2D eigenvalue weighted by Crippen LogP contribution is 2.32. The summed E-state index contributed by atoms with van der Waals surface area (Å²) in [5.41, 5.74) is 4.30. The summed E-state index contributed by atoms with van der Waals surface area (Å²) in [5.74, 6) is 1.13. The molecular weight excluding hydrogens is 388 g/mol. The van der Waals surface area contributed by atoms with Gasteiger partial charge in [-0.25, -0.2) is 0 Å². The van der Waals surface area contributed by atoms with Gasteiger partial charge >= 0.3 is 0 Å². The van der Waals surface area contributed by atoms with Gasteiger partial charge < -0.3 is 14.7 Å². The molecule has 6 nitrogen and oxygen atoms in total. The SMILES string of the molecule is COc1ccc(Cl)cc1N1CCN(CCc2cn[nH]c2-c2ccc(O)cc2)CC1. The number of benzene rings is 2. The number of rotatable bonds is 6. The van der Waals surface area contributed by atoms with Crippen molar-refractivity contribution in [2.24, 2.45) is 0 Å². The maximum atomic E-state index is 9.50. The number of hydrogen-bond donors (Lipinski definition) is 2. The molecule has 2 aromatic carbocycles. The largest absolute Gasteiger partial charge is 0.508 e. The monoisotopic (exact) mass is 412 g/mol. The van der Waals surface area contributed by atoms with E-state index < -0.39 is 0 Å². The van der Waals surface area contributed by atoms with Crippen LogP contribution in [-0.4, -0.2) is 60.0 Å². The van der Waals surface area contributed by atoms with Gasteiger partial charge in [0.2, 0.25) is 0 Å². The first kappa shape index (κ1) is 19.6. The molecule has 0 amide bonds. The van der Waals surface area contributed by atoms with Gasteiger partial charge in [-0.1, -0.05) is 11.6 Å². The molecule has 29 heavy (non-hydrogen) atoms. The van der Waals surface area contributed by atoms with E-state index >= 15 is 0 Å². The van der Waals surface area contributed by atoms with E-state index in [4.69, 9.17) is 16.3 Å². The van der Waals surface area contributed by atoms with E-state index in [1.165, 1.54) is 5.56 Å².